The fraction of sp³-hybridized carbons (Fsp3) is 0.585. The van der Waals surface area contributed by atoms with E-state index in [0.717, 1.165) is 4.90 Å². The van der Waals surface area contributed by atoms with Gasteiger partial charge in [0, 0.05) is 25.9 Å². The van der Waals surface area contributed by atoms with E-state index in [-0.39, 0.29) is 63.5 Å². The lowest BCUT2D eigenvalue weighted by Gasteiger charge is -2.32. The monoisotopic (exact) mass is 932 g/mol. The minimum absolute atomic E-state index is 0.00494. The molecule has 366 valence electrons. The van der Waals surface area contributed by atoms with Crippen LogP contribution in [0, 0.1) is 5.92 Å². The number of aliphatic hydroxyl groups is 1. The molecular formula is C41H64N12O13. The normalized spacial score (nSPS) is 16.5. The molecule has 0 unspecified atom stereocenters. The first-order valence-electron chi connectivity index (χ1n) is 21.3. The van der Waals surface area contributed by atoms with Gasteiger partial charge in [0.05, 0.1) is 25.1 Å². The molecule has 1 aliphatic heterocycles. The number of aliphatic carboxylic acids is 2. The summed E-state index contributed by atoms with van der Waals surface area (Å²) in [6.45, 7) is 4.19. The summed E-state index contributed by atoms with van der Waals surface area (Å²) in [5.74, 6) is -10.2. The smallest absolute Gasteiger partial charge is 0.305 e. The number of hydrogen-bond acceptors (Lipinski definition) is 13. The van der Waals surface area contributed by atoms with Gasteiger partial charge in [0.2, 0.25) is 47.3 Å². The van der Waals surface area contributed by atoms with Crippen molar-refractivity contribution in [1.82, 2.24) is 36.8 Å². The Morgan fingerprint density at radius 3 is 1.97 bits per heavy atom. The van der Waals surface area contributed by atoms with Gasteiger partial charge in [0.1, 0.15) is 36.3 Å². The first-order chi connectivity index (χ1) is 31.0. The van der Waals surface area contributed by atoms with Gasteiger partial charge < -0.3 is 75.1 Å². The number of primary amides is 1. The van der Waals surface area contributed by atoms with Crippen molar-refractivity contribution >= 4 is 65.2 Å². The second kappa shape index (κ2) is 27.4. The van der Waals surface area contributed by atoms with Crippen molar-refractivity contribution in [2.24, 2.45) is 33.8 Å². The summed E-state index contributed by atoms with van der Waals surface area (Å²) in [4.78, 5) is 134. The molecule has 1 aromatic carbocycles. The second-order valence-corrected chi connectivity index (χ2v) is 16.2. The van der Waals surface area contributed by atoms with E-state index >= 15 is 0 Å². The highest BCUT2D eigenvalue weighted by Gasteiger charge is 2.41. The second-order valence-electron chi connectivity index (χ2n) is 16.2. The third kappa shape index (κ3) is 19.5. The van der Waals surface area contributed by atoms with Crippen LogP contribution >= 0.6 is 0 Å². The Kier molecular flexibility index (Phi) is 23.0. The van der Waals surface area contributed by atoms with Crippen molar-refractivity contribution in [1.29, 1.82) is 0 Å². The Morgan fingerprint density at radius 2 is 1.39 bits per heavy atom. The number of nitrogens with one attached hydrogen (secondary N) is 6. The minimum Gasteiger partial charge on any atom is -0.481 e. The molecule has 0 saturated carbocycles. The van der Waals surface area contributed by atoms with Crippen LogP contribution in [0.15, 0.2) is 35.3 Å². The zero-order valence-electron chi connectivity index (χ0n) is 37.2. The third-order valence-corrected chi connectivity index (χ3v) is 10.2. The predicted molar refractivity (Wildman–Crippen MR) is 235 cm³/mol. The predicted octanol–water partition coefficient (Wildman–Crippen LogP) is -4.61. The minimum atomic E-state index is -1.80. The van der Waals surface area contributed by atoms with E-state index in [1.807, 2.05) is 13.8 Å². The molecule has 1 saturated heterocycles. The van der Waals surface area contributed by atoms with E-state index in [9.17, 15) is 58.2 Å². The number of benzene rings is 1. The molecular weight excluding hydrogens is 869 g/mol. The van der Waals surface area contributed by atoms with Gasteiger partial charge in [-0.05, 0) is 56.9 Å². The first kappa shape index (κ1) is 55.2. The molecule has 25 heteroatoms. The van der Waals surface area contributed by atoms with Crippen LogP contribution in [0.1, 0.15) is 77.7 Å². The van der Waals surface area contributed by atoms with E-state index in [0.29, 0.717) is 12.0 Å². The van der Waals surface area contributed by atoms with Gasteiger partial charge in [-0.3, -0.25) is 52.9 Å². The van der Waals surface area contributed by atoms with E-state index in [2.05, 4.69) is 36.9 Å². The van der Waals surface area contributed by atoms with Crippen molar-refractivity contribution in [2.45, 2.75) is 127 Å². The number of amides is 8. The molecule has 2 rings (SSSR count). The van der Waals surface area contributed by atoms with Gasteiger partial charge in [-0.1, -0.05) is 44.2 Å². The van der Waals surface area contributed by atoms with Crippen molar-refractivity contribution < 1.29 is 63.3 Å². The molecule has 1 aliphatic rings. The average molecular weight is 933 g/mol. The van der Waals surface area contributed by atoms with Crippen molar-refractivity contribution in [3.63, 3.8) is 0 Å². The first-order valence-corrected chi connectivity index (χ1v) is 21.3. The lowest BCUT2D eigenvalue weighted by molar-refractivity contribution is -0.145. The Bertz CT molecular complexity index is 1910. The number of rotatable bonds is 28. The van der Waals surface area contributed by atoms with Crippen LogP contribution in [0.25, 0.3) is 0 Å². The number of carbonyl (C=O) groups excluding carboxylic acids is 8. The quantitative estimate of drug-likeness (QED) is 0.0214. The van der Waals surface area contributed by atoms with Crippen LogP contribution in [0.4, 0.5) is 0 Å². The molecule has 1 heterocycles. The fourth-order valence-corrected chi connectivity index (χ4v) is 6.82. The number of nitrogens with two attached hydrogens (primary N) is 4. The van der Waals surface area contributed by atoms with Crippen LogP contribution in [0.3, 0.4) is 0 Å². The summed E-state index contributed by atoms with van der Waals surface area (Å²) < 4.78 is 0. The standard InChI is InChI=1S/C41H64N12O13/c1-21(2)17-26(34(43)60)50-36(62)25(11-7-15-46-41(44)45)49-39(65)29-12-8-16-53(29)40(66)33(22(3)54)52-38(64)27(18-23-9-5-4-6-10-23)51-37(63)28(19-32(58)59)48-30(55)20-47-35(61)24(42)13-14-31(56)57/h4-6,9-10,21-22,24-29,33,54H,7-8,11-20,42H2,1-3H3,(H2,43,60)(H,47,61)(H,48,55)(H,49,65)(H,50,62)(H,51,63)(H,52,64)(H,56,57)(H,58,59)(H4,44,45,46)/t22-,24+,25+,26+,27+,28+,29+,33+/m1/s1. The fourth-order valence-electron chi connectivity index (χ4n) is 6.82. The molecule has 17 N–H and O–H groups in total. The summed E-state index contributed by atoms with van der Waals surface area (Å²) in [7, 11) is 0. The van der Waals surface area contributed by atoms with Crippen LogP contribution < -0.4 is 54.8 Å². The Morgan fingerprint density at radius 1 is 0.773 bits per heavy atom. The number of aliphatic hydroxyl groups excluding tert-OH is 1. The molecule has 0 bridgehead atoms. The number of carboxylic acid groups (broad SMARTS) is 2. The molecule has 0 aromatic heterocycles. The van der Waals surface area contributed by atoms with E-state index in [4.69, 9.17) is 28.0 Å². The largest absolute Gasteiger partial charge is 0.481 e. The van der Waals surface area contributed by atoms with Crippen LogP contribution in [0.5, 0.6) is 0 Å². The third-order valence-electron chi connectivity index (χ3n) is 10.2. The zero-order valence-corrected chi connectivity index (χ0v) is 37.2. The number of hydrogen-bond donors (Lipinski definition) is 13. The average Bonchev–Trinajstić information content (AvgIpc) is 3.74. The number of aliphatic imine (C=N–C) groups is 1. The summed E-state index contributed by atoms with van der Waals surface area (Å²) in [5, 5.41) is 43.7. The molecule has 25 nitrogen and oxygen atoms in total. The van der Waals surface area contributed by atoms with Crippen LogP contribution in [-0.4, -0.2) is 153 Å². The maximum atomic E-state index is 14.2. The Balaban J connectivity index is 2.32. The summed E-state index contributed by atoms with van der Waals surface area (Å²) in [6, 6.07) is -1.59. The molecule has 0 aliphatic carbocycles. The Labute approximate surface area is 381 Å². The van der Waals surface area contributed by atoms with Crippen molar-refractivity contribution in [3.05, 3.63) is 35.9 Å². The lowest BCUT2D eigenvalue weighted by Crippen LogP contribution is -2.61. The molecule has 0 spiro atoms. The Hall–Kier alpha value is -6.89. The molecule has 1 fully saturated rings. The van der Waals surface area contributed by atoms with E-state index in [1.165, 1.54) is 6.92 Å². The number of nitrogens with zero attached hydrogens (tertiary/aromatic N) is 2. The van der Waals surface area contributed by atoms with Gasteiger partial charge in [-0.2, -0.15) is 0 Å². The number of guanidine groups is 1. The topological polar surface area (TPSA) is 423 Å². The highest BCUT2D eigenvalue weighted by atomic mass is 16.4. The molecule has 1 aromatic rings. The van der Waals surface area contributed by atoms with Gasteiger partial charge >= 0.3 is 11.9 Å². The molecule has 8 amide bonds. The van der Waals surface area contributed by atoms with Gasteiger partial charge in [-0.25, -0.2) is 0 Å². The summed E-state index contributed by atoms with van der Waals surface area (Å²) in [6.07, 6.45) is -2.54. The highest BCUT2D eigenvalue weighted by molar-refractivity contribution is 5.98. The van der Waals surface area contributed by atoms with Crippen molar-refractivity contribution in [3.8, 4) is 0 Å². The van der Waals surface area contributed by atoms with Gasteiger partial charge in [-0.15, -0.1) is 0 Å². The van der Waals surface area contributed by atoms with Gasteiger partial charge in [0.15, 0.2) is 5.96 Å². The van der Waals surface area contributed by atoms with Crippen molar-refractivity contribution in [2.75, 3.05) is 19.6 Å². The number of carbonyl (C=O) groups is 10. The van der Waals surface area contributed by atoms with Gasteiger partial charge in [0.25, 0.3) is 0 Å². The number of carboxylic acids is 2. The van der Waals surface area contributed by atoms with Crippen LogP contribution in [-0.2, 0) is 54.4 Å². The van der Waals surface area contributed by atoms with Crippen LogP contribution in [0.2, 0.25) is 0 Å². The SMILES string of the molecule is CC(C)C[C@H](NC(=O)[C@H](CCCN=C(N)N)NC(=O)[C@@H]1CCCN1C(=O)[C@@H](NC(=O)[C@H](Cc1ccccc1)NC(=O)[C@H](CC(=O)O)NC(=O)CNC(=O)[C@@H](N)CCC(=O)O)[C@@H](C)O)C(N)=O. The highest BCUT2D eigenvalue weighted by Crippen LogP contribution is 2.20. The lowest BCUT2D eigenvalue weighted by atomic mass is 10.0. The zero-order chi connectivity index (χ0) is 49.7. The number of likely N-dealkylation sites (tertiary alicyclic amines) is 1. The summed E-state index contributed by atoms with van der Waals surface area (Å²) in [5.41, 5.74) is 22.5. The van der Waals surface area contributed by atoms with E-state index in [1.54, 1.807) is 30.3 Å². The molecule has 8 atom stereocenters. The molecule has 0 radical (unpaired) electrons. The maximum absolute atomic E-state index is 14.2. The maximum Gasteiger partial charge on any atom is 0.305 e. The van der Waals surface area contributed by atoms with E-state index < -0.39 is 127 Å². The molecule has 66 heavy (non-hydrogen) atoms. The summed E-state index contributed by atoms with van der Waals surface area (Å²) >= 11 is 0.